The minimum atomic E-state index is -4.53. The van der Waals surface area contributed by atoms with Gasteiger partial charge in [0.05, 0.1) is 22.9 Å². The predicted molar refractivity (Wildman–Crippen MR) is 131 cm³/mol. The number of hydrogen-bond acceptors (Lipinski definition) is 5. The molecule has 2 aromatic carbocycles. The van der Waals surface area contributed by atoms with Gasteiger partial charge >= 0.3 is 6.18 Å². The van der Waals surface area contributed by atoms with Gasteiger partial charge in [0.1, 0.15) is 0 Å². The number of thioether (sulfide) groups is 1. The number of nitrogens with one attached hydrogen (secondary N) is 1. The van der Waals surface area contributed by atoms with E-state index in [0.29, 0.717) is 17.0 Å². The van der Waals surface area contributed by atoms with Crippen molar-refractivity contribution in [3.8, 4) is 0 Å². The largest absolute Gasteiger partial charge is 0.416 e. The fourth-order valence-corrected chi connectivity index (χ4v) is 5.14. The van der Waals surface area contributed by atoms with E-state index in [1.165, 1.54) is 17.0 Å². The molecule has 10 heteroatoms. The lowest BCUT2D eigenvalue weighted by molar-refractivity contribution is -0.137. The van der Waals surface area contributed by atoms with Crippen LogP contribution in [0.1, 0.15) is 40.9 Å². The number of allylic oxidation sites excluding steroid dienone is 1. The highest BCUT2D eigenvalue weighted by Gasteiger charge is 2.37. The van der Waals surface area contributed by atoms with Crippen LogP contribution in [-0.4, -0.2) is 53.2 Å². The van der Waals surface area contributed by atoms with Crippen LogP contribution in [0.25, 0.3) is 0 Å². The first kappa shape index (κ1) is 24.8. The van der Waals surface area contributed by atoms with E-state index in [4.69, 9.17) is 0 Å². The van der Waals surface area contributed by atoms with Crippen LogP contribution in [0.4, 0.5) is 18.9 Å². The van der Waals surface area contributed by atoms with Crippen LogP contribution in [-0.2, 0) is 11.0 Å². The number of fused-ring (bicyclic) bond motifs is 1. The fraction of sp³-hybridized carbons (Fsp3) is 0.320. The number of halogens is 3. The fourth-order valence-electron chi connectivity index (χ4n) is 4.12. The third-order valence-electron chi connectivity index (χ3n) is 5.83. The van der Waals surface area contributed by atoms with E-state index < -0.39 is 17.6 Å². The topological polar surface area (TPSA) is 65.0 Å². The number of rotatable bonds is 4. The molecule has 0 saturated carbocycles. The van der Waals surface area contributed by atoms with E-state index in [2.05, 4.69) is 15.2 Å². The summed E-state index contributed by atoms with van der Waals surface area (Å²) >= 11 is 1.66. The SMILES string of the molecule is CC1=C(C(=O)N(C)C)C(c2ccc(NC(=O)c3cccc(C(F)(F)F)c3)cc2)N2CCCSC2=N1. The first-order chi connectivity index (χ1) is 16.6. The smallest absolute Gasteiger partial charge is 0.345 e. The minimum absolute atomic E-state index is 0.0835. The molecule has 6 nitrogen and oxygen atoms in total. The molecular weight excluding hydrogens is 477 g/mol. The molecule has 0 spiro atoms. The van der Waals surface area contributed by atoms with Crippen LogP contribution in [0.15, 0.2) is 64.8 Å². The lowest BCUT2D eigenvalue weighted by atomic mass is 9.93. The van der Waals surface area contributed by atoms with Gasteiger partial charge in [0.2, 0.25) is 0 Å². The second-order valence-electron chi connectivity index (χ2n) is 8.55. The molecule has 2 heterocycles. The molecule has 184 valence electrons. The molecule has 1 atom stereocenters. The van der Waals surface area contributed by atoms with E-state index in [1.54, 1.807) is 38.0 Å². The summed E-state index contributed by atoms with van der Waals surface area (Å²) in [5.41, 5.74) is 1.62. The quantitative estimate of drug-likeness (QED) is 0.627. The zero-order chi connectivity index (χ0) is 25.3. The van der Waals surface area contributed by atoms with Gasteiger partial charge in [0, 0.05) is 37.6 Å². The number of amidine groups is 1. The van der Waals surface area contributed by atoms with E-state index in [9.17, 15) is 22.8 Å². The Bertz CT molecular complexity index is 1210. The van der Waals surface area contributed by atoms with E-state index in [0.717, 1.165) is 41.6 Å². The van der Waals surface area contributed by atoms with Gasteiger partial charge in [-0.1, -0.05) is 30.0 Å². The van der Waals surface area contributed by atoms with Crippen molar-refractivity contribution in [2.24, 2.45) is 4.99 Å². The molecule has 2 aliphatic rings. The third-order valence-corrected chi connectivity index (χ3v) is 6.91. The van der Waals surface area contributed by atoms with Gasteiger partial charge in [-0.05, 0) is 49.2 Å². The molecule has 35 heavy (non-hydrogen) atoms. The molecule has 1 saturated heterocycles. The van der Waals surface area contributed by atoms with E-state index >= 15 is 0 Å². The maximum Gasteiger partial charge on any atom is 0.416 e. The Morgan fingerprint density at radius 2 is 1.86 bits per heavy atom. The first-order valence-electron chi connectivity index (χ1n) is 11.1. The second-order valence-corrected chi connectivity index (χ2v) is 9.61. The van der Waals surface area contributed by atoms with Crippen LogP contribution in [0, 0.1) is 0 Å². The van der Waals surface area contributed by atoms with Crippen molar-refractivity contribution in [1.82, 2.24) is 9.80 Å². The summed E-state index contributed by atoms with van der Waals surface area (Å²) in [7, 11) is 3.41. The summed E-state index contributed by atoms with van der Waals surface area (Å²) in [6.45, 7) is 2.61. The molecule has 1 fully saturated rings. The summed E-state index contributed by atoms with van der Waals surface area (Å²) < 4.78 is 39.0. The monoisotopic (exact) mass is 502 g/mol. The summed E-state index contributed by atoms with van der Waals surface area (Å²) in [5.74, 6) is 0.211. The number of nitrogens with zero attached hydrogens (tertiary/aromatic N) is 3. The van der Waals surface area contributed by atoms with Crippen LogP contribution in [0.3, 0.4) is 0 Å². The second kappa shape index (κ2) is 9.77. The molecule has 1 N–H and O–H groups in total. The zero-order valence-corrected chi connectivity index (χ0v) is 20.3. The third kappa shape index (κ3) is 5.22. The Hall–Kier alpha value is -3.27. The molecule has 1 unspecified atom stereocenters. The normalized spacial score (nSPS) is 18.1. The number of amides is 2. The van der Waals surface area contributed by atoms with Crippen LogP contribution in [0.5, 0.6) is 0 Å². The molecule has 0 aromatic heterocycles. The van der Waals surface area contributed by atoms with E-state index in [1.807, 2.05) is 19.1 Å². The highest BCUT2D eigenvalue weighted by atomic mass is 32.2. The van der Waals surface area contributed by atoms with Gasteiger partial charge in [-0.2, -0.15) is 13.2 Å². The predicted octanol–water partition coefficient (Wildman–Crippen LogP) is 5.17. The van der Waals surface area contributed by atoms with Crippen LogP contribution >= 0.6 is 11.8 Å². The molecular formula is C25H25F3N4O2S. The Balaban J connectivity index is 1.60. The number of carbonyl (C=O) groups excluding carboxylic acids is 2. The number of aliphatic imine (C=N–C) groups is 1. The molecule has 2 amide bonds. The summed E-state index contributed by atoms with van der Waals surface area (Å²) in [4.78, 5) is 34.0. The molecule has 4 rings (SSSR count). The standard InChI is InChI=1S/C25H25F3N4O2S/c1-15-20(23(34)31(2)3)21(32-12-5-13-35-24(32)29-15)16-8-10-19(11-9-16)30-22(33)17-6-4-7-18(14-17)25(26,27)28/h4,6-11,14,21H,5,12-13H2,1-3H3,(H,30,33). The summed E-state index contributed by atoms with van der Waals surface area (Å²) in [5, 5.41) is 3.53. The van der Waals surface area contributed by atoms with Gasteiger partial charge in [-0.3, -0.25) is 9.59 Å². The number of likely N-dealkylation sites (N-methyl/N-ethyl adjacent to an activating group) is 1. The molecule has 2 aromatic rings. The lowest BCUT2D eigenvalue weighted by Gasteiger charge is -2.41. The Kier molecular flexibility index (Phi) is 6.93. The summed E-state index contributed by atoms with van der Waals surface area (Å²) in [6.07, 6.45) is -3.56. The van der Waals surface area contributed by atoms with Gasteiger partial charge in [0.15, 0.2) is 5.17 Å². The van der Waals surface area contributed by atoms with Crippen molar-refractivity contribution in [1.29, 1.82) is 0 Å². The minimum Gasteiger partial charge on any atom is -0.345 e. The number of alkyl halides is 3. The molecule has 0 aliphatic carbocycles. The Morgan fingerprint density at radius 3 is 2.51 bits per heavy atom. The van der Waals surface area contributed by atoms with Crippen molar-refractivity contribution in [3.63, 3.8) is 0 Å². The van der Waals surface area contributed by atoms with Crippen molar-refractivity contribution in [2.75, 3.05) is 31.7 Å². The van der Waals surface area contributed by atoms with Crippen molar-refractivity contribution in [2.45, 2.75) is 25.6 Å². The van der Waals surface area contributed by atoms with Gasteiger partial charge in [0.25, 0.3) is 11.8 Å². The number of carbonyl (C=O) groups is 2. The van der Waals surface area contributed by atoms with Crippen LogP contribution in [0.2, 0.25) is 0 Å². The maximum absolute atomic E-state index is 13.1. The molecule has 0 radical (unpaired) electrons. The van der Waals surface area contributed by atoms with Crippen molar-refractivity contribution >= 4 is 34.4 Å². The van der Waals surface area contributed by atoms with Gasteiger partial charge in [-0.25, -0.2) is 4.99 Å². The number of hydrogen-bond donors (Lipinski definition) is 1. The van der Waals surface area contributed by atoms with E-state index in [-0.39, 0.29) is 17.5 Å². The number of anilines is 1. The van der Waals surface area contributed by atoms with Crippen LogP contribution < -0.4 is 5.32 Å². The molecule has 0 bridgehead atoms. The zero-order valence-electron chi connectivity index (χ0n) is 19.5. The van der Waals surface area contributed by atoms with Gasteiger partial charge in [-0.15, -0.1) is 0 Å². The maximum atomic E-state index is 13.1. The average molecular weight is 503 g/mol. The highest BCUT2D eigenvalue weighted by molar-refractivity contribution is 8.13. The first-order valence-corrected chi connectivity index (χ1v) is 12.0. The van der Waals surface area contributed by atoms with Crippen molar-refractivity contribution < 1.29 is 22.8 Å². The molecule has 2 aliphatic heterocycles. The average Bonchev–Trinajstić information content (AvgIpc) is 2.83. The Labute approximate surface area is 205 Å². The lowest BCUT2D eigenvalue weighted by Crippen LogP contribution is -2.43. The number of benzene rings is 2. The Morgan fingerprint density at radius 1 is 1.14 bits per heavy atom. The summed E-state index contributed by atoms with van der Waals surface area (Å²) in [6, 6.07) is 11.0. The van der Waals surface area contributed by atoms with Crippen molar-refractivity contribution in [3.05, 3.63) is 76.5 Å². The highest BCUT2D eigenvalue weighted by Crippen LogP contribution is 2.40. The van der Waals surface area contributed by atoms with Gasteiger partial charge < -0.3 is 15.1 Å².